The van der Waals surface area contributed by atoms with Gasteiger partial charge in [0.05, 0.1) is 0 Å². The number of aromatic nitrogens is 2. The van der Waals surface area contributed by atoms with Crippen LogP contribution in [0.15, 0.2) is 35.1 Å². The number of aryl methyl sites for hydroxylation is 1. The third kappa shape index (κ3) is 3.91. The first-order valence-corrected chi connectivity index (χ1v) is 6.30. The molecule has 5 heteroatoms. The van der Waals surface area contributed by atoms with Gasteiger partial charge < -0.3 is 5.32 Å². The van der Waals surface area contributed by atoms with Crippen LogP contribution in [0.3, 0.4) is 0 Å². The van der Waals surface area contributed by atoms with Crippen LogP contribution in [0.4, 0.5) is 16.0 Å². The normalized spacial score (nSPS) is 10.4. The molecule has 0 atom stereocenters. The first-order valence-electron chi connectivity index (χ1n) is 6.30. The summed E-state index contributed by atoms with van der Waals surface area (Å²) in [4.78, 5) is 18.5. The highest BCUT2D eigenvalue weighted by atomic mass is 19.1. The van der Waals surface area contributed by atoms with E-state index in [0.29, 0.717) is 11.6 Å². The second-order valence-electron chi connectivity index (χ2n) is 4.32. The Labute approximate surface area is 110 Å². The molecule has 0 bridgehead atoms. The van der Waals surface area contributed by atoms with Gasteiger partial charge in [-0.05, 0) is 37.1 Å². The lowest BCUT2D eigenvalue weighted by Crippen LogP contribution is -2.12. The molecular weight excluding hydrogens is 245 g/mol. The second-order valence-corrected chi connectivity index (χ2v) is 4.32. The maximum Gasteiger partial charge on any atom is 0.252 e. The minimum atomic E-state index is -0.302. The Balaban J connectivity index is 2.17. The molecule has 0 aliphatic carbocycles. The predicted octanol–water partition coefficient (Wildman–Crippen LogP) is 3.00. The zero-order valence-electron chi connectivity index (χ0n) is 10.7. The Morgan fingerprint density at radius 1 is 1.32 bits per heavy atom. The van der Waals surface area contributed by atoms with E-state index in [1.165, 1.54) is 18.2 Å². The molecule has 100 valence electrons. The van der Waals surface area contributed by atoms with Crippen molar-refractivity contribution in [3.05, 3.63) is 52.2 Å². The molecule has 0 aliphatic rings. The topological polar surface area (TPSA) is 57.8 Å². The van der Waals surface area contributed by atoms with Crippen LogP contribution in [0.5, 0.6) is 0 Å². The molecule has 0 unspecified atom stereocenters. The van der Waals surface area contributed by atoms with Gasteiger partial charge in [-0.25, -0.2) is 9.37 Å². The third-order valence-corrected chi connectivity index (χ3v) is 2.69. The van der Waals surface area contributed by atoms with E-state index in [4.69, 9.17) is 0 Å². The van der Waals surface area contributed by atoms with Crippen molar-refractivity contribution in [3.8, 4) is 0 Å². The standard InChI is InChI=1S/C14H16FN3O/c1-2-3-4-12-9-13(19)18-14(17-12)16-11-7-5-10(15)6-8-11/h5-9H,2-4H2,1H3,(H2,16,17,18,19). The molecule has 0 aliphatic heterocycles. The predicted molar refractivity (Wildman–Crippen MR) is 73.2 cm³/mol. The number of H-pyrrole nitrogens is 1. The summed E-state index contributed by atoms with van der Waals surface area (Å²) < 4.78 is 12.8. The van der Waals surface area contributed by atoms with Crippen molar-refractivity contribution in [2.24, 2.45) is 0 Å². The smallest absolute Gasteiger partial charge is 0.252 e. The number of rotatable bonds is 5. The van der Waals surface area contributed by atoms with Gasteiger partial charge in [-0.15, -0.1) is 0 Å². The molecule has 2 aromatic rings. The van der Waals surface area contributed by atoms with Gasteiger partial charge in [0.15, 0.2) is 0 Å². The zero-order valence-corrected chi connectivity index (χ0v) is 10.7. The minimum Gasteiger partial charge on any atom is -0.326 e. The third-order valence-electron chi connectivity index (χ3n) is 2.69. The zero-order chi connectivity index (χ0) is 13.7. The fraction of sp³-hybridized carbons (Fsp3) is 0.286. The molecule has 4 nitrogen and oxygen atoms in total. The molecule has 0 radical (unpaired) electrons. The summed E-state index contributed by atoms with van der Waals surface area (Å²) in [7, 11) is 0. The quantitative estimate of drug-likeness (QED) is 0.869. The molecule has 1 aromatic carbocycles. The van der Waals surface area contributed by atoms with E-state index in [-0.39, 0.29) is 11.4 Å². The molecule has 0 saturated carbocycles. The molecule has 1 aromatic heterocycles. The molecule has 2 N–H and O–H groups in total. The van der Waals surface area contributed by atoms with Gasteiger partial charge in [-0.2, -0.15) is 0 Å². The first-order chi connectivity index (χ1) is 9.17. The van der Waals surface area contributed by atoms with Crippen LogP contribution in [0.25, 0.3) is 0 Å². The van der Waals surface area contributed by atoms with Crippen molar-refractivity contribution >= 4 is 11.6 Å². The Morgan fingerprint density at radius 3 is 2.74 bits per heavy atom. The average molecular weight is 261 g/mol. The van der Waals surface area contributed by atoms with Gasteiger partial charge in [0.25, 0.3) is 5.56 Å². The van der Waals surface area contributed by atoms with Crippen LogP contribution in [0, 0.1) is 5.82 Å². The summed E-state index contributed by atoms with van der Waals surface area (Å²) in [5, 5.41) is 2.96. The van der Waals surface area contributed by atoms with Gasteiger partial charge >= 0.3 is 0 Å². The highest BCUT2D eigenvalue weighted by Crippen LogP contribution is 2.13. The SMILES string of the molecule is CCCCc1cc(=O)[nH]c(Nc2ccc(F)cc2)n1. The summed E-state index contributed by atoms with van der Waals surface area (Å²) in [6.45, 7) is 2.09. The van der Waals surface area contributed by atoms with E-state index < -0.39 is 0 Å². The number of benzene rings is 1. The summed E-state index contributed by atoms with van der Waals surface area (Å²) in [6, 6.07) is 7.39. The highest BCUT2D eigenvalue weighted by molar-refractivity contribution is 5.52. The number of nitrogens with one attached hydrogen (secondary N) is 2. The molecule has 1 heterocycles. The van der Waals surface area contributed by atoms with Gasteiger partial charge in [0.2, 0.25) is 5.95 Å². The summed E-state index contributed by atoms with van der Waals surface area (Å²) in [6.07, 6.45) is 2.82. The fourth-order valence-corrected chi connectivity index (χ4v) is 1.72. The summed E-state index contributed by atoms with van der Waals surface area (Å²) in [5.41, 5.74) is 1.25. The van der Waals surface area contributed by atoms with Gasteiger partial charge in [0, 0.05) is 17.4 Å². The lowest BCUT2D eigenvalue weighted by Gasteiger charge is -2.06. The number of nitrogens with zero attached hydrogens (tertiary/aromatic N) is 1. The lowest BCUT2D eigenvalue weighted by atomic mass is 10.2. The molecule has 0 spiro atoms. The number of anilines is 2. The van der Waals surface area contributed by atoms with Crippen LogP contribution in [0.1, 0.15) is 25.5 Å². The maximum absolute atomic E-state index is 12.8. The number of hydrogen-bond donors (Lipinski definition) is 2. The van der Waals surface area contributed by atoms with Crippen molar-refractivity contribution < 1.29 is 4.39 Å². The lowest BCUT2D eigenvalue weighted by molar-refractivity contribution is 0.628. The van der Waals surface area contributed by atoms with Gasteiger partial charge in [-0.3, -0.25) is 9.78 Å². The Hall–Kier alpha value is -2.17. The van der Waals surface area contributed by atoms with E-state index in [1.807, 2.05) is 0 Å². The van der Waals surface area contributed by atoms with E-state index in [2.05, 4.69) is 22.2 Å². The second kappa shape index (κ2) is 6.13. The number of aromatic amines is 1. The Morgan fingerprint density at radius 2 is 2.05 bits per heavy atom. The van der Waals surface area contributed by atoms with Gasteiger partial charge in [0.1, 0.15) is 5.82 Å². The van der Waals surface area contributed by atoms with Crippen molar-refractivity contribution in [1.29, 1.82) is 0 Å². The molecule has 0 saturated heterocycles. The molecular formula is C14H16FN3O. The van der Waals surface area contributed by atoms with Crippen LogP contribution in [-0.4, -0.2) is 9.97 Å². The van der Waals surface area contributed by atoms with Crippen LogP contribution in [-0.2, 0) is 6.42 Å². The number of unbranched alkanes of at least 4 members (excludes halogenated alkanes) is 1. The monoisotopic (exact) mass is 261 g/mol. The summed E-state index contributed by atoms with van der Waals surface area (Å²) in [5.74, 6) is 0.0777. The van der Waals surface area contributed by atoms with Crippen molar-refractivity contribution in [2.75, 3.05) is 5.32 Å². The molecule has 0 amide bonds. The minimum absolute atomic E-state index is 0.189. The molecule has 2 rings (SSSR count). The van der Waals surface area contributed by atoms with E-state index in [1.54, 1.807) is 12.1 Å². The largest absolute Gasteiger partial charge is 0.326 e. The van der Waals surface area contributed by atoms with E-state index in [9.17, 15) is 9.18 Å². The van der Waals surface area contributed by atoms with Crippen LogP contribution < -0.4 is 10.9 Å². The van der Waals surface area contributed by atoms with Crippen LogP contribution in [0.2, 0.25) is 0 Å². The summed E-state index contributed by atoms with van der Waals surface area (Å²) >= 11 is 0. The van der Waals surface area contributed by atoms with Gasteiger partial charge in [-0.1, -0.05) is 13.3 Å². The Kier molecular flexibility index (Phi) is 4.28. The average Bonchev–Trinajstić information content (AvgIpc) is 2.38. The van der Waals surface area contributed by atoms with Crippen LogP contribution >= 0.6 is 0 Å². The highest BCUT2D eigenvalue weighted by Gasteiger charge is 2.02. The van der Waals surface area contributed by atoms with Crippen molar-refractivity contribution in [3.63, 3.8) is 0 Å². The molecule has 0 fully saturated rings. The van der Waals surface area contributed by atoms with Crippen molar-refractivity contribution in [1.82, 2.24) is 9.97 Å². The molecule has 19 heavy (non-hydrogen) atoms. The number of halogens is 1. The van der Waals surface area contributed by atoms with E-state index in [0.717, 1.165) is 25.0 Å². The van der Waals surface area contributed by atoms with E-state index >= 15 is 0 Å². The Bertz CT molecular complexity index is 592. The van der Waals surface area contributed by atoms with Crippen molar-refractivity contribution in [2.45, 2.75) is 26.2 Å². The maximum atomic E-state index is 12.8. The fourth-order valence-electron chi connectivity index (χ4n) is 1.72. The number of hydrogen-bond acceptors (Lipinski definition) is 3. The first kappa shape index (κ1) is 13.3.